The third kappa shape index (κ3) is 2.38. The second-order valence-corrected chi connectivity index (χ2v) is 7.41. The molecule has 2 aromatic carbocycles. The number of amides is 1. The molecule has 0 saturated heterocycles. The van der Waals surface area contributed by atoms with Gasteiger partial charge in [-0.15, -0.1) is 13.2 Å². The molecule has 1 spiro atoms. The number of benzene rings is 2. The fraction of sp³-hybridized carbons (Fsp3) is 0.100. The zero-order valence-electron chi connectivity index (χ0n) is 16.1. The molecule has 1 aliphatic carbocycles. The molecule has 3 heterocycles. The molecular weight excluding hydrogens is 445 g/mol. The molecule has 0 fully saturated rings. The van der Waals surface area contributed by atoms with E-state index < -0.39 is 35.1 Å². The molecule has 13 heteroatoms. The zero-order valence-corrected chi connectivity index (χ0v) is 16.1. The number of aromatic nitrogens is 4. The average molecular weight is 454 g/mol. The van der Waals surface area contributed by atoms with Crippen molar-refractivity contribution in [3.8, 4) is 5.75 Å². The van der Waals surface area contributed by atoms with Gasteiger partial charge in [-0.3, -0.25) is 14.4 Å². The Morgan fingerprint density at radius 1 is 0.970 bits per heavy atom. The van der Waals surface area contributed by atoms with Crippen LogP contribution in [-0.4, -0.2) is 44.0 Å². The van der Waals surface area contributed by atoms with Crippen molar-refractivity contribution < 1.29 is 32.3 Å². The van der Waals surface area contributed by atoms with Gasteiger partial charge in [0.1, 0.15) is 5.75 Å². The van der Waals surface area contributed by atoms with Gasteiger partial charge in [-0.1, -0.05) is 29.4 Å². The first-order chi connectivity index (χ1) is 15.7. The van der Waals surface area contributed by atoms with Gasteiger partial charge in [-0.05, 0) is 28.6 Å². The number of fused-ring (bicyclic) bond motifs is 7. The average Bonchev–Trinajstić information content (AvgIpc) is 3.34. The molecule has 1 amide bonds. The van der Waals surface area contributed by atoms with Crippen LogP contribution in [0.1, 0.15) is 21.5 Å². The summed E-state index contributed by atoms with van der Waals surface area (Å²) in [6, 6.07) is 9.45. The van der Waals surface area contributed by atoms with Gasteiger partial charge in [-0.25, -0.2) is 0 Å². The van der Waals surface area contributed by atoms with Crippen molar-refractivity contribution in [2.45, 2.75) is 11.9 Å². The van der Waals surface area contributed by atoms with Gasteiger partial charge >= 0.3 is 6.36 Å². The number of alkyl halides is 3. The number of anilines is 2. The SMILES string of the molecule is O=C1C(=O)c2ccccc2C2=C1C1(C(=O)Nc3ccc(OC(F)(F)F)cc31)n1nnnc1N2. The van der Waals surface area contributed by atoms with E-state index in [1.807, 2.05) is 0 Å². The summed E-state index contributed by atoms with van der Waals surface area (Å²) >= 11 is 0. The minimum Gasteiger partial charge on any atom is -0.406 e. The van der Waals surface area contributed by atoms with Gasteiger partial charge in [0.05, 0.1) is 11.3 Å². The second-order valence-electron chi connectivity index (χ2n) is 7.41. The van der Waals surface area contributed by atoms with Gasteiger partial charge in [0.25, 0.3) is 5.91 Å². The minimum absolute atomic E-state index is 0.0455. The van der Waals surface area contributed by atoms with Crippen molar-refractivity contribution in [1.29, 1.82) is 0 Å². The highest BCUT2D eigenvalue weighted by atomic mass is 19.4. The van der Waals surface area contributed by atoms with E-state index in [2.05, 4.69) is 30.9 Å². The lowest BCUT2D eigenvalue weighted by Crippen LogP contribution is -2.52. The largest absolute Gasteiger partial charge is 0.573 e. The van der Waals surface area contributed by atoms with E-state index in [-0.39, 0.29) is 34.0 Å². The predicted octanol–water partition coefficient (Wildman–Crippen LogP) is 1.87. The fourth-order valence-corrected chi connectivity index (χ4v) is 4.49. The molecular formula is C20H9F3N6O4. The van der Waals surface area contributed by atoms with Crippen LogP contribution in [-0.2, 0) is 15.1 Å². The normalized spacial score (nSPS) is 20.6. The molecule has 1 aromatic heterocycles. The molecule has 2 N–H and O–H groups in total. The fourth-order valence-electron chi connectivity index (χ4n) is 4.49. The molecule has 1 unspecified atom stereocenters. The summed E-state index contributed by atoms with van der Waals surface area (Å²) in [5.41, 5.74) is -1.84. The van der Waals surface area contributed by atoms with Crippen LogP contribution in [0.3, 0.4) is 0 Å². The Morgan fingerprint density at radius 3 is 2.48 bits per heavy atom. The zero-order chi connectivity index (χ0) is 23.1. The van der Waals surface area contributed by atoms with Crippen molar-refractivity contribution in [3.05, 3.63) is 64.7 Å². The Kier molecular flexibility index (Phi) is 3.50. The summed E-state index contributed by atoms with van der Waals surface area (Å²) in [6.45, 7) is 0. The Hall–Kier alpha value is -4.55. The molecule has 0 radical (unpaired) electrons. The second kappa shape index (κ2) is 6.03. The first-order valence-electron chi connectivity index (χ1n) is 9.42. The number of tetrazole rings is 1. The Labute approximate surface area is 181 Å². The van der Waals surface area contributed by atoms with Crippen molar-refractivity contribution in [1.82, 2.24) is 20.2 Å². The molecule has 0 bridgehead atoms. The molecule has 164 valence electrons. The van der Waals surface area contributed by atoms with Gasteiger partial charge in [0, 0.05) is 22.4 Å². The number of Topliss-reactive ketones (excluding diaryl/α,β-unsaturated/α-hetero) is 2. The number of hydrogen-bond acceptors (Lipinski definition) is 8. The highest BCUT2D eigenvalue weighted by molar-refractivity contribution is 6.54. The summed E-state index contributed by atoms with van der Waals surface area (Å²) in [6.07, 6.45) is -4.99. The van der Waals surface area contributed by atoms with E-state index in [0.717, 1.165) is 16.8 Å². The number of halogens is 3. The maximum absolute atomic E-state index is 13.5. The molecule has 2 aliphatic heterocycles. The number of carbonyl (C=O) groups is 3. The lowest BCUT2D eigenvalue weighted by atomic mass is 9.73. The van der Waals surface area contributed by atoms with Crippen molar-refractivity contribution >= 4 is 34.8 Å². The number of ether oxygens (including phenoxy) is 1. The maximum Gasteiger partial charge on any atom is 0.573 e. The van der Waals surface area contributed by atoms with E-state index in [4.69, 9.17) is 0 Å². The molecule has 3 aliphatic rings. The van der Waals surface area contributed by atoms with Gasteiger partial charge in [-0.2, -0.15) is 4.68 Å². The molecule has 0 saturated carbocycles. The topological polar surface area (TPSA) is 128 Å². The van der Waals surface area contributed by atoms with E-state index in [0.29, 0.717) is 5.56 Å². The third-order valence-electron chi connectivity index (χ3n) is 5.70. The molecule has 3 aromatic rings. The molecule has 1 atom stereocenters. The van der Waals surface area contributed by atoms with Crippen LogP contribution in [0.5, 0.6) is 5.75 Å². The highest BCUT2D eigenvalue weighted by Crippen LogP contribution is 2.52. The smallest absolute Gasteiger partial charge is 0.406 e. The van der Waals surface area contributed by atoms with Gasteiger partial charge < -0.3 is 15.4 Å². The van der Waals surface area contributed by atoms with Crippen molar-refractivity contribution in [2.24, 2.45) is 0 Å². The standard InChI is InChI=1S/C20H9F3N6O4/c21-20(22,23)33-8-5-6-12-11(7-8)19(17(32)24-12)13-14(25-18-26-27-28-29(18)19)9-3-1-2-4-10(9)15(30)16(13)31/h1-7H,(H,24,32)(H,25,26,28). The Bertz CT molecular complexity index is 1460. The van der Waals surface area contributed by atoms with Crippen molar-refractivity contribution in [3.63, 3.8) is 0 Å². The summed E-state index contributed by atoms with van der Waals surface area (Å²) in [5.74, 6) is -3.36. The van der Waals surface area contributed by atoms with Crippen LogP contribution < -0.4 is 15.4 Å². The number of nitrogens with one attached hydrogen (secondary N) is 2. The summed E-state index contributed by atoms with van der Waals surface area (Å²) in [7, 11) is 0. The van der Waals surface area contributed by atoms with E-state index >= 15 is 0 Å². The van der Waals surface area contributed by atoms with E-state index in [1.54, 1.807) is 18.2 Å². The lowest BCUT2D eigenvalue weighted by Gasteiger charge is -2.37. The monoisotopic (exact) mass is 454 g/mol. The molecule has 33 heavy (non-hydrogen) atoms. The lowest BCUT2D eigenvalue weighted by molar-refractivity contribution is -0.274. The van der Waals surface area contributed by atoms with Crippen LogP contribution >= 0.6 is 0 Å². The van der Waals surface area contributed by atoms with Crippen molar-refractivity contribution in [2.75, 3.05) is 10.6 Å². The van der Waals surface area contributed by atoms with Crippen LogP contribution in [0.15, 0.2) is 48.0 Å². The number of ketones is 2. The predicted molar refractivity (Wildman–Crippen MR) is 103 cm³/mol. The van der Waals surface area contributed by atoms with Crippen LogP contribution in [0.2, 0.25) is 0 Å². The minimum atomic E-state index is -4.99. The Balaban J connectivity index is 1.70. The van der Waals surface area contributed by atoms with E-state index in [1.165, 1.54) is 12.1 Å². The van der Waals surface area contributed by atoms with Crippen LogP contribution in [0, 0.1) is 0 Å². The van der Waals surface area contributed by atoms with Gasteiger partial charge in [0.15, 0.2) is 0 Å². The number of rotatable bonds is 1. The number of hydrogen-bond donors (Lipinski definition) is 2. The summed E-state index contributed by atoms with van der Waals surface area (Å²) in [5, 5.41) is 16.7. The summed E-state index contributed by atoms with van der Waals surface area (Å²) < 4.78 is 43.6. The number of carbonyl (C=O) groups excluding carboxylic acids is 3. The number of nitrogens with zero attached hydrogens (tertiary/aromatic N) is 4. The van der Waals surface area contributed by atoms with Crippen LogP contribution in [0.4, 0.5) is 24.8 Å². The quantitative estimate of drug-likeness (QED) is 0.534. The first-order valence-corrected chi connectivity index (χ1v) is 9.42. The van der Waals surface area contributed by atoms with Gasteiger partial charge in [0.2, 0.25) is 23.1 Å². The highest BCUT2D eigenvalue weighted by Gasteiger charge is 2.61. The molecule has 6 rings (SSSR count). The first kappa shape index (κ1) is 19.2. The van der Waals surface area contributed by atoms with Crippen LogP contribution in [0.25, 0.3) is 5.70 Å². The van der Waals surface area contributed by atoms with E-state index in [9.17, 15) is 27.6 Å². The maximum atomic E-state index is 13.5. The molecule has 10 nitrogen and oxygen atoms in total. The third-order valence-corrected chi connectivity index (χ3v) is 5.70. The Morgan fingerprint density at radius 2 is 1.73 bits per heavy atom. The summed E-state index contributed by atoms with van der Waals surface area (Å²) in [4.78, 5) is 39.8.